The van der Waals surface area contributed by atoms with Gasteiger partial charge >= 0.3 is 0 Å². The van der Waals surface area contributed by atoms with Gasteiger partial charge in [0.25, 0.3) is 0 Å². The molecule has 0 fully saturated rings. The third kappa shape index (κ3) is 9.91. The van der Waals surface area contributed by atoms with Gasteiger partial charge in [-0.2, -0.15) is 0 Å². The Labute approximate surface area is 119 Å². The van der Waals surface area contributed by atoms with E-state index < -0.39 is 0 Å². The predicted octanol–water partition coefficient (Wildman–Crippen LogP) is 1.86. The molecule has 114 valence electrons. The normalized spacial score (nSPS) is 13.3. The molecule has 1 amide bonds. The molecule has 0 heterocycles. The predicted molar refractivity (Wildman–Crippen MR) is 82.3 cm³/mol. The Balaban J connectivity index is 3.57. The van der Waals surface area contributed by atoms with Gasteiger partial charge in [-0.15, -0.1) is 0 Å². The fourth-order valence-corrected chi connectivity index (χ4v) is 1.61. The zero-order valence-electron chi connectivity index (χ0n) is 13.6. The Bertz CT molecular complexity index is 242. The standard InChI is InChI=1S/C15H33N3O/c1-12(2)11-17-15(19)14(5)16-9-7-8-10-18(6)13(3)4/h12-14,16H,7-11H2,1-6H3,(H,17,19). The van der Waals surface area contributed by atoms with Crippen molar-refractivity contribution in [2.75, 3.05) is 26.7 Å². The summed E-state index contributed by atoms with van der Waals surface area (Å²) in [6, 6.07) is 0.510. The molecule has 4 heteroatoms. The van der Waals surface area contributed by atoms with Gasteiger partial charge in [-0.3, -0.25) is 4.79 Å². The van der Waals surface area contributed by atoms with Gasteiger partial charge in [0.15, 0.2) is 0 Å². The van der Waals surface area contributed by atoms with Crippen LogP contribution in [0.2, 0.25) is 0 Å². The molecule has 0 aromatic carbocycles. The molecule has 0 saturated carbocycles. The van der Waals surface area contributed by atoms with Crippen molar-refractivity contribution in [1.82, 2.24) is 15.5 Å². The maximum atomic E-state index is 11.7. The van der Waals surface area contributed by atoms with Crippen molar-refractivity contribution >= 4 is 5.91 Å². The van der Waals surface area contributed by atoms with Crippen molar-refractivity contribution in [3.63, 3.8) is 0 Å². The lowest BCUT2D eigenvalue weighted by atomic mass is 10.2. The fourth-order valence-electron chi connectivity index (χ4n) is 1.61. The maximum Gasteiger partial charge on any atom is 0.236 e. The van der Waals surface area contributed by atoms with Crippen LogP contribution in [0.1, 0.15) is 47.5 Å². The molecule has 1 atom stereocenters. The lowest BCUT2D eigenvalue weighted by Crippen LogP contribution is -2.43. The summed E-state index contributed by atoms with van der Waals surface area (Å²) in [7, 11) is 2.15. The Morgan fingerprint density at radius 2 is 1.74 bits per heavy atom. The van der Waals surface area contributed by atoms with E-state index in [0.29, 0.717) is 12.0 Å². The molecule has 0 aliphatic rings. The Morgan fingerprint density at radius 1 is 1.11 bits per heavy atom. The van der Waals surface area contributed by atoms with Gasteiger partial charge in [-0.25, -0.2) is 0 Å². The first-order chi connectivity index (χ1) is 8.84. The average Bonchev–Trinajstić information content (AvgIpc) is 2.34. The third-order valence-corrected chi connectivity index (χ3v) is 3.35. The number of hydrogen-bond donors (Lipinski definition) is 2. The molecule has 0 saturated heterocycles. The zero-order chi connectivity index (χ0) is 14.8. The van der Waals surface area contributed by atoms with Crippen LogP contribution in [0.3, 0.4) is 0 Å². The van der Waals surface area contributed by atoms with Crippen LogP contribution in [0.15, 0.2) is 0 Å². The van der Waals surface area contributed by atoms with Crippen LogP contribution in [0.5, 0.6) is 0 Å². The molecule has 0 aliphatic heterocycles. The quantitative estimate of drug-likeness (QED) is 0.596. The highest BCUT2D eigenvalue weighted by molar-refractivity contribution is 5.81. The summed E-state index contributed by atoms with van der Waals surface area (Å²) in [5.74, 6) is 0.607. The Kier molecular flexibility index (Phi) is 9.88. The summed E-state index contributed by atoms with van der Waals surface area (Å²) in [6.07, 6.45) is 2.28. The fraction of sp³-hybridized carbons (Fsp3) is 0.933. The van der Waals surface area contributed by atoms with E-state index >= 15 is 0 Å². The lowest BCUT2D eigenvalue weighted by molar-refractivity contribution is -0.122. The largest absolute Gasteiger partial charge is 0.354 e. The molecular weight excluding hydrogens is 238 g/mol. The van der Waals surface area contributed by atoms with Gasteiger partial charge in [0, 0.05) is 12.6 Å². The van der Waals surface area contributed by atoms with Crippen LogP contribution < -0.4 is 10.6 Å². The summed E-state index contributed by atoms with van der Waals surface area (Å²) >= 11 is 0. The number of rotatable bonds is 10. The number of amides is 1. The van der Waals surface area contributed by atoms with Crippen LogP contribution in [-0.4, -0.2) is 49.6 Å². The Hall–Kier alpha value is -0.610. The minimum atomic E-state index is -0.0958. The van der Waals surface area contributed by atoms with Crippen molar-refractivity contribution in [2.24, 2.45) is 5.92 Å². The third-order valence-electron chi connectivity index (χ3n) is 3.35. The van der Waals surface area contributed by atoms with E-state index in [-0.39, 0.29) is 11.9 Å². The highest BCUT2D eigenvalue weighted by Crippen LogP contribution is 1.97. The van der Waals surface area contributed by atoms with Gasteiger partial charge in [0.1, 0.15) is 0 Å². The van der Waals surface area contributed by atoms with Crippen molar-refractivity contribution < 1.29 is 4.79 Å². The van der Waals surface area contributed by atoms with Gasteiger partial charge in [0.2, 0.25) is 5.91 Å². The molecule has 0 aromatic heterocycles. The zero-order valence-corrected chi connectivity index (χ0v) is 13.6. The van der Waals surface area contributed by atoms with Crippen LogP contribution in [0.25, 0.3) is 0 Å². The van der Waals surface area contributed by atoms with Gasteiger partial charge < -0.3 is 15.5 Å². The van der Waals surface area contributed by atoms with Crippen molar-refractivity contribution in [1.29, 1.82) is 0 Å². The molecule has 4 nitrogen and oxygen atoms in total. The first-order valence-electron chi connectivity index (χ1n) is 7.56. The molecule has 1 unspecified atom stereocenters. The van der Waals surface area contributed by atoms with E-state index in [1.807, 2.05) is 6.92 Å². The maximum absolute atomic E-state index is 11.7. The molecule has 0 aromatic rings. The molecular formula is C15H33N3O. The summed E-state index contributed by atoms with van der Waals surface area (Å²) in [6.45, 7) is 13.3. The summed E-state index contributed by atoms with van der Waals surface area (Å²) in [4.78, 5) is 14.1. The second-order valence-corrected chi connectivity index (χ2v) is 6.10. The highest BCUT2D eigenvalue weighted by atomic mass is 16.2. The molecule has 2 N–H and O–H groups in total. The molecule has 19 heavy (non-hydrogen) atoms. The molecule has 0 spiro atoms. The number of hydrogen-bond acceptors (Lipinski definition) is 3. The van der Waals surface area contributed by atoms with E-state index in [4.69, 9.17) is 0 Å². The lowest BCUT2D eigenvalue weighted by Gasteiger charge is -2.21. The van der Waals surface area contributed by atoms with Crippen LogP contribution in [-0.2, 0) is 4.79 Å². The first kappa shape index (κ1) is 18.4. The monoisotopic (exact) mass is 271 g/mol. The topological polar surface area (TPSA) is 44.4 Å². The highest BCUT2D eigenvalue weighted by Gasteiger charge is 2.11. The molecule has 0 bridgehead atoms. The van der Waals surface area contributed by atoms with E-state index in [0.717, 1.165) is 26.1 Å². The minimum absolute atomic E-state index is 0.0958. The van der Waals surface area contributed by atoms with Crippen molar-refractivity contribution in [3.8, 4) is 0 Å². The van der Waals surface area contributed by atoms with E-state index in [2.05, 4.69) is 50.3 Å². The number of unbranched alkanes of at least 4 members (excludes halogenated alkanes) is 1. The second kappa shape index (κ2) is 10.2. The SMILES string of the molecule is CC(C)CNC(=O)C(C)NCCCCN(C)C(C)C. The van der Waals surface area contributed by atoms with Gasteiger partial charge in [-0.05, 0) is 59.7 Å². The average molecular weight is 271 g/mol. The minimum Gasteiger partial charge on any atom is -0.354 e. The van der Waals surface area contributed by atoms with Crippen molar-refractivity contribution in [2.45, 2.75) is 59.5 Å². The Morgan fingerprint density at radius 3 is 2.26 bits per heavy atom. The summed E-state index contributed by atoms with van der Waals surface area (Å²) in [5, 5.41) is 6.22. The molecule has 0 radical (unpaired) electrons. The van der Waals surface area contributed by atoms with Crippen LogP contribution in [0, 0.1) is 5.92 Å². The molecule has 0 rings (SSSR count). The first-order valence-corrected chi connectivity index (χ1v) is 7.56. The van der Waals surface area contributed by atoms with Crippen LogP contribution in [0.4, 0.5) is 0 Å². The molecule has 0 aliphatic carbocycles. The summed E-state index contributed by atoms with van der Waals surface area (Å²) < 4.78 is 0. The van der Waals surface area contributed by atoms with Crippen molar-refractivity contribution in [3.05, 3.63) is 0 Å². The van der Waals surface area contributed by atoms with E-state index in [1.165, 1.54) is 6.42 Å². The smallest absolute Gasteiger partial charge is 0.236 e. The van der Waals surface area contributed by atoms with Gasteiger partial charge in [-0.1, -0.05) is 13.8 Å². The van der Waals surface area contributed by atoms with E-state index in [1.54, 1.807) is 0 Å². The second-order valence-electron chi connectivity index (χ2n) is 6.10. The number of nitrogens with one attached hydrogen (secondary N) is 2. The van der Waals surface area contributed by atoms with E-state index in [9.17, 15) is 4.79 Å². The van der Waals surface area contributed by atoms with Crippen LogP contribution >= 0.6 is 0 Å². The number of carbonyl (C=O) groups is 1. The number of carbonyl (C=O) groups excluding carboxylic acids is 1. The number of nitrogens with zero attached hydrogens (tertiary/aromatic N) is 1. The summed E-state index contributed by atoms with van der Waals surface area (Å²) in [5.41, 5.74) is 0. The van der Waals surface area contributed by atoms with Gasteiger partial charge in [0.05, 0.1) is 6.04 Å².